The molecule has 3 aromatic rings. The number of carbonyl (C=O) groups is 3. The van der Waals surface area contributed by atoms with Gasteiger partial charge in [-0.1, -0.05) is 40.8 Å². The van der Waals surface area contributed by atoms with Crippen LogP contribution in [0, 0.1) is 0 Å². The Morgan fingerprint density at radius 2 is 1.79 bits per heavy atom. The van der Waals surface area contributed by atoms with Crippen LogP contribution in [0.2, 0.25) is 5.02 Å². The Bertz CT molecular complexity index is 1050. The van der Waals surface area contributed by atoms with E-state index in [4.69, 9.17) is 11.6 Å². The molecule has 2 aromatic carbocycles. The van der Waals surface area contributed by atoms with Gasteiger partial charge >= 0.3 is 0 Å². The van der Waals surface area contributed by atoms with Crippen LogP contribution in [0.25, 0.3) is 0 Å². The molecule has 2 amide bonds. The summed E-state index contributed by atoms with van der Waals surface area (Å²) in [5.41, 5.74) is 1.60. The average Bonchev–Trinajstić information content (AvgIpc) is 3.14. The molecule has 0 bridgehead atoms. The third-order valence-electron chi connectivity index (χ3n) is 3.62. The number of hydrogen-bond acceptors (Lipinski definition) is 7. The number of aromatic nitrogens is 2. The van der Waals surface area contributed by atoms with Gasteiger partial charge in [-0.2, -0.15) is 0 Å². The zero-order valence-electron chi connectivity index (χ0n) is 15.1. The van der Waals surface area contributed by atoms with E-state index in [1.807, 2.05) is 0 Å². The van der Waals surface area contributed by atoms with Crippen molar-refractivity contribution in [1.82, 2.24) is 10.2 Å². The Labute approximate surface area is 179 Å². The average molecular weight is 447 g/mol. The summed E-state index contributed by atoms with van der Waals surface area (Å²) in [6, 6.07) is 13.2. The van der Waals surface area contributed by atoms with Crippen LogP contribution in [0.4, 0.5) is 10.8 Å². The molecular weight excluding hydrogens is 432 g/mol. The summed E-state index contributed by atoms with van der Waals surface area (Å²) in [6.07, 6.45) is 0. The number of nitrogens with zero attached hydrogens (tertiary/aromatic N) is 2. The highest BCUT2D eigenvalue weighted by atomic mass is 35.5. The van der Waals surface area contributed by atoms with E-state index in [9.17, 15) is 14.4 Å². The van der Waals surface area contributed by atoms with Crippen molar-refractivity contribution in [2.24, 2.45) is 0 Å². The van der Waals surface area contributed by atoms with Crippen LogP contribution in [0.1, 0.15) is 27.6 Å². The van der Waals surface area contributed by atoms with Gasteiger partial charge in [0.15, 0.2) is 10.1 Å². The smallest absolute Gasteiger partial charge is 0.257 e. The molecule has 10 heteroatoms. The van der Waals surface area contributed by atoms with Gasteiger partial charge in [-0.25, -0.2) is 0 Å². The maximum atomic E-state index is 12.2. The van der Waals surface area contributed by atoms with Gasteiger partial charge in [0.1, 0.15) is 0 Å². The Kier molecular flexibility index (Phi) is 6.97. The zero-order valence-corrected chi connectivity index (χ0v) is 17.5. The Hall–Kier alpha value is -2.75. The highest BCUT2D eigenvalue weighted by Gasteiger charge is 2.12. The summed E-state index contributed by atoms with van der Waals surface area (Å²) < 4.78 is 0.550. The minimum absolute atomic E-state index is 0.0343. The monoisotopic (exact) mass is 446 g/mol. The number of thioether (sulfide) groups is 1. The fraction of sp³-hybridized carbons (Fsp3) is 0.105. The molecule has 1 heterocycles. The first-order chi connectivity index (χ1) is 13.9. The summed E-state index contributed by atoms with van der Waals surface area (Å²) >= 11 is 8.27. The SMILES string of the molecule is CC(=O)c1ccc(NC(=O)CSc2nnc(NC(=O)c3cccc(Cl)c3)s2)cc1. The number of halogens is 1. The summed E-state index contributed by atoms with van der Waals surface area (Å²) in [7, 11) is 0. The van der Waals surface area contributed by atoms with Crippen LogP contribution >= 0.6 is 34.7 Å². The van der Waals surface area contributed by atoms with E-state index < -0.39 is 0 Å². The van der Waals surface area contributed by atoms with E-state index in [1.165, 1.54) is 30.0 Å². The highest BCUT2D eigenvalue weighted by Crippen LogP contribution is 2.26. The second-order valence-electron chi connectivity index (χ2n) is 5.81. The van der Waals surface area contributed by atoms with E-state index in [2.05, 4.69) is 20.8 Å². The molecule has 0 aliphatic heterocycles. The molecule has 1 aromatic heterocycles. The molecule has 3 rings (SSSR count). The maximum Gasteiger partial charge on any atom is 0.257 e. The lowest BCUT2D eigenvalue weighted by Crippen LogP contribution is -2.14. The van der Waals surface area contributed by atoms with Crippen LogP contribution in [-0.4, -0.2) is 33.5 Å². The molecule has 148 valence electrons. The van der Waals surface area contributed by atoms with Crippen LogP contribution in [0.3, 0.4) is 0 Å². The third kappa shape index (κ3) is 6.11. The quantitative estimate of drug-likeness (QED) is 0.317. The first-order valence-corrected chi connectivity index (χ1v) is 10.5. The van der Waals surface area contributed by atoms with Crippen molar-refractivity contribution in [3.05, 3.63) is 64.7 Å². The first kappa shape index (κ1) is 21.0. The van der Waals surface area contributed by atoms with Gasteiger partial charge in [0.25, 0.3) is 5.91 Å². The molecule has 7 nitrogen and oxygen atoms in total. The molecule has 0 aliphatic carbocycles. The Balaban J connectivity index is 1.50. The van der Waals surface area contributed by atoms with E-state index in [0.29, 0.717) is 31.3 Å². The van der Waals surface area contributed by atoms with Gasteiger partial charge in [-0.3, -0.25) is 19.7 Å². The fourth-order valence-corrected chi connectivity index (χ4v) is 3.97. The lowest BCUT2D eigenvalue weighted by molar-refractivity contribution is -0.113. The third-order valence-corrected chi connectivity index (χ3v) is 5.82. The number of benzene rings is 2. The standard InChI is InChI=1S/C19H15ClN4O3S2/c1-11(25)12-5-7-15(8-6-12)21-16(26)10-28-19-24-23-18(29-19)22-17(27)13-3-2-4-14(20)9-13/h2-9H,10H2,1H3,(H,21,26)(H,22,23,27). The van der Waals surface area contributed by atoms with Crippen LogP contribution in [-0.2, 0) is 4.79 Å². The van der Waals surface area contributed by atoms with Crippen molar-refractivity contribution < 1.29 is 14.4 Å². The molecule has 0 fully saturated rings. The number of carbonyl (C=O) groups excluding carboxylic acids is 3. The van der Waals surface area contributed by atoms with Crippen molar-refractivity contribution in [2.45, 2.75) is 11.3 Å². The molecule has 0 spiro atoms. The molecule has 0 saturated carbocycles. The van der Waals surface area contributed by atoms with E-state index in [-0.39, 0.29) is 23.4 Å². The van der Waals surface area contributed by atoms with E-state index in [1.54, 1.807) is 48.5 Å². The minimum Gasteiger partial charge on any atom is -0.325 e. The number of hydrogen-bond donors (Lipinski definition) is 2. The molecule has 29 heavy (non-hydrogen) atoms. The molecule has 2 N–H and O–H groups in total. The van der Waals surface area contributed by atoms with Crippen molar-refractivity contribution in [3.8, 4) is 0 Å². The molecular formula is C19H15ClN4O3S2. The first-order valence-electron chi connectivity index (χ1n) is 8.35. The molecule has 0 unspecified atom stereocenters. The number of ketones is 1. The maximum absolute atomic E-state index is 12.2. The lowest BCUT2D eigenvalue weighted by Gasteiger charge is -2.04. The summed E-state index contributed by atoms with van der Waals surface area (Å²) in [4.78, 5) is 35.5. The second-order valence-corrected chi connectivity index (χ2v) is 8.44. The Morgan fingerprint density at radius 3 is 2.48 bits per heavy atom. The predicted molar refractivity (Wildman–Crippen MR) is 115 cm³/mol. The van der Waals surface area contributed by atoms with Gasteiger partial charge < -0.3 is 5.32 Å². The number of Topliss-reactive ketones (excluding diaryl/α,β-unsaturated/α-hetero) is 1. The summed E-state index contributed by atoms with van der Waals surface area (Å²) in [5, 5.41) is 14.1. The predicted octanol–water partition coefficient (Wildman–Crippen LogP) is 4.38. The number of amides is 2. The van der Waals surface area contributed by atoms with Crippen LogP contribution in [0.5, 0.6) is 0 Å². The second kappa shape index (κ2) is 9.64. The van der Waals surface area contributed by atoms with Gasteiger partial charge in [0.05, 0.1) is 5.75 Å². The number of nitrogens with one attached hydrogen (secondary N) is 2. The van der Waals surface area contributed by atoms with Gasteiger partial charge in [-0.15, -0.1) is 10.2 Å². The van der Waals surface area contributed by atoms with Gasteiger partial charge in [-0.05, 0) is 49.4 Å². The number of rotatable bonds is 7. The largest absolute Gasteiger partial charge is 0.325 e. The van der Waals surface area contributed by atoms with Crippen molar-refractivity contribution >= 4 is 63.1 Å². The zero-order chi connectivity index (χ0) is 20.8. The summed E-state index contributed by atoms with van der Waals surface area (Å²) in [6.45, 7) is 1.48. The van der Waals surface area contributed by atoms with Crippen LogP contribution < -0.4 is 10.6 Å². The summed E-state index contributed by atoms with van der Waals surface area (Å²) in [5.74, 6) is -0.462. The van der Waals surface area contributed by atoms with Crippen LogP contribution in [0.15, 0.2) is 52.9 Å². The molecule has 0 saturated heterocycles. The van der Waals surface area contributed by atoms with Gasteiger partial charge in [0.2, 0.25) is 11.0 Å². The van der Waals surface area contributed by atoms with Crippen molar-refractivity contribution in [3.63, 3.8) is 0 Å². The highest BCUT2D eigenvalue weighted by molar-refractivity contribution is 8.01. The molecule has 0 radical (unpaired) electrons. The van der Waals surface area contributed by atoms with Crippen molar-refractivity contribution in [1.29, 1.82) is 0 Å². The van der Waals surface area contributed by atoms with Crippen molar-refractivity contribution in [2.75, 3.05) is 16.4 Å². The molecule has 0 aliphatic rings. The lowest BCUT2D eigenvalue weighted by atomic mass is 10.1. The minimum atomic E-state index is -0.341. The Morgan fingerprint density at radius 1 is 1.03 bits per heavy atom. The van der Waals surface area contributed by atoms with E-state index >= 15 is 0 Å². The normalized spacial score (nSPS) is 10.4. The number of anilines is 2. The molecule has 0 atom stereocenters. The van der Waals surface area contributed by atoms with Gasteiger partial charge in [0, 0.05) is 21.8 Å². The van der Waals surface area contributed by atoms with E-state index in [0.717, 1.165) is 0 Å². The topological polar surface area (TPSA) is 101 Å². The fourth-order valence-electron chi connectivity index (χ4n) is 2.23.